The standard InChI is InChI=1S/C27H27F2NO3/c1-18(31)17-27(22-6-4-3-5-7-22)14-15-30(26(32)33-27)19(2)20-8-10-21(11-9-20)24-13-12-23(28)16-25(24)29/h3-13,16,18-19,31H,14-15,17H2,1-2H3/t18-,19?,27-/m0/s1. The molecule has 4 rings (SSSR count). The summed E-state index contributed by atoms with van der Waals surface area (Å²) < 4.78 is 33.3. The number of carbonyl (C=O) groups is 1. The van der Waals surface area contributed by atoms with Crippen molar-refractivity contribution in [3.05, 3.63) is 95.6 Å². The van der Waals surface area contributed by atoms with E-state index in [1.165, 1.54) is 12.1 Å². The Hall–Kier alpha value is -3.25. The molecule has 0 radical (unpaired) electrons. The molecule has 0 bridgehead atoms. The second kappa shape index (κ2) is 9.32. The van der Waals surface area contributed by atoms with E-state index in [-0.39, 0.29) is 6.04 Å². The quantitative estimate of drug-likeness (QED) is 0.485. The van der Waals surface area contributed by atoms with Crippen LogP contribution in [-0.2, 0) is 10.3 Å². The summed E-state index contributed by atoms with van der Waals surface area (Å²) in [5.74, 6) is -1.24. The predicted octanol–water partition coefficient (Wildman–Crippen LogP) is 6.20. The van der Waals surface area contributed by atoms with Crippen molar-refractivity contribution in [3.63, 3.8) is 0 Å². The predicted molar refractivity (Wildman–Crippen MR) is 122 cm³/mol. The van der Waals surface area contributed by atoms with Gasteiger partial charge in [-0.15, -0.1) is 0 Å². The summed E-state index contributed by atoms with van der Waals surface area (Å²) in [7, 11) is 0. The molecule has 1 aliphatic heterocycles. The van der Waals surface area contributed by atoms with Crippen LogP contribution in [0, 0.1) is 11.6 Å². The number of aliphatic hydroxyl groups excluding tert-OH is 1. The summed E-state index contributed by atoms with van der Waals surface area (Å²) in [5, 5.41) is 10.1. The summed E-state index contributed by atoms with van der Waals surface area (Å²) in [5.41, 5.74) is 1.83. The Labute approximate surface area is 192 Å². The summed E-state index contributed by atoms with van der Waals surface area (Å²) in [6.07, 6.45) is -0.187. The van der Waals surface area contributed by atoms with E-state index in [4.69, 9.17) is 4.74 Å². The highest BCUT2D eigenvalue weighted by molar-refractivity contribution is 5.70. The van der Waals surface area contributed by atoms with Gasteiger partial charge in [0.15, 0.2) is 0 Å². The molecule has 3 aromatic rings. The summed E-state index contributed by atoms with van der Waals surface area (Å²) in [4.78, 5) is 14.7. The minimum Gasteiger partial charge on any atom is -0.438 e. The molecule has 3 atom stereocenters. The highest BCUT2D eigenvalue weighted by atomic mass is 19.1. The van der Waals surface area contributed by atoms with Crippen molar-refractivity contribution in [1.82, 2.24) is 4.90 Å². The van der Waals surface area contributed by atoms with Gasteiger partial charge in [-0.2, -0.15) is 0 Å². The molecule has 6 heteroatoms. The highest BCUT2D eigenvalue weighted by Gasteiger charge is 2.44. The monoisotopic (exact) mass is 451 g/mol. The van der Waals surface area contributed by atoms with Crippen LogP contribution < -0.4 is 0 Å². The summed E-state index contributed by atoms with van der Waals surface area (Å²) in [6, 6.07) is 20.0. The van der Waals surface area contributed by atoms with Gasteiger partial charge in [0.1, 0.15) is 17.2 Å². The van der Waals surface area contributed by atoms with Crippen LogP contribution in [-0.4, -0.2) is 28.7 Å². The fourth-order valence-electron chi connectivity index (χ4n) is 4.55. The lowest BCUT2D eigenvalue weighted by Gasteiger charge is -2.44. The number of hydrogen-bond acceptors (Lipinski definition) is 3. The lowest BCUT2D eigenvalue weighted by atomic mass is 9.84. The van der Waals surface area contributed by atoms with E-state index in [0.717, 1.165) is 17.2 Å². The molecular weight excluding hydrogens is 424 g/mol. The number of ether oxygens (including phenoxy) is 1. The van der Waals surface area contributed by atoms with Crippen molar-refractivity contribution in [1.29, 1.82) is 0 Å². The smallest absolute Gasteiger partial charge is 0.411 e. The molecule has 1 saturated heterocycles. The zero-order valence-electron chi connectivity index (χ0n) is 18.7. The molecular formula is C27H27F2NO3. The first-order valence-electron chi connectivity index (χ1n) is 11.1. The van der Waals surface area contributed by atoms with Gasteiger partial charge >= 0.3 is 6.09 Å². The first-order valence-corrected chi connectivity index (χ1v) is 11.1. The fraction of sp³-hybridized carbons (Fsp3) is 0.296. The zero-order valence-corrected chi connectivity index (χ0v) is 18.7. The average Bonchev–Trinajstić information content (AvgIpc) is 2.79. The van der Waals surface area contributed by atoms with Crippen molar-refractivity contribution >= 4 is 6.09 Å². The SMILES string of the molecule is CC(c1ccc(-c2ccc(F)cc2F)cc1)N1CC[C@](C[C@H](C)O)(c2ccccc2)OC1=O. The van der Waals surface area contributed by atoms with Crippen LogP contribution in [0.3, 0.4) is 0 Å². The van der Waals surface area contributed by atoms with Gasteiger partial charge in [-0.25, -0.2) is 13.6 Å². The molecule has 1 N–H and O–H groups in total. The zero-order chi connectivity index (χ0) is 23.6. The number of halogens is 2. The largest absolute Gasteiger partial charge is 0.438 e. The van der Waals surface area contributed by atoms with Gasteiger partial charge in [-0.1, -0.05) is 54.6 Å². The second-order valence-corrected chi connectivity index (χ2v) is 8.65. The Kier molecular flexibility index (Phi) is 6.47. The Morgan fingerprint density at radius 1 is 1.03 bits per heavy atom. The van der Waals surface area contributed by atoms with Gasteiger partial charge in [0, 0.05) is 31.0 Å². The van der Waals surface area contributed by atoms with E-state index in [9.17, 15) is 18.7 Å². The molecule has 1 heterocycles. The molecule has 0 spiro atoms. The van der Waals surface area contributed by atoms with E-state index in [2.05, 4.69) is 0 Å². The normalized spacial score (nSPS) is 20.3. The average molecular weight is 452 g/mol. The Balaban J connectivity index is 1.53. The third-order valence-corrected chi connectivity index (χ3v) is 6.30. The molecule has 1 amide bonds. The first kappa shape index (κ1) is 22.9. The van der Waals surface area contributed by atoms with Gasteiger partial charge in [0.25, 0.3) is 0 Å². The van der Waals surface area contributed by atoms with E-state index >= 15 is 0 Å². The van der Waals surface area contributed by atoms with Crippen molar-refractivity contribution < 1.29 is 23.4 Å². The van der Waals surface area contributed by atoms with E-state index in [1.54, 1.807) is 24.0 Å². The Bertz CT molecular complexity index is 1120. The number of cyclic esters (lactones) is 1. The highest BCUT2D eigenvalue weighted by Crippen LogP contribution is 2.40. The molecule has 3 aromatic carbocycles. The minimum absolute atomic E-state index is 0.259. The number of hydrogen-bond donors (Lipinski definition) is 1. The third kappa shape index (κ3) is 4.76. The summed E-state index contributed by atoms with van der Waals surface area (Å²) >= 11 is 0. The van der Waals surface area contributed by atoms with Crippen LogP contribution in [0.4, 0.5) is 13.6 Å². The second-order valence-electron chi connectivity index (χ2n) is 8.65. The topological polar surface area (TPSA) is 49.8 Å². The van der Waals surface area contributed by atoms with Gasteiger partial charge in [-0.3, -0.25) is 0 Å². The first-order chi connectivity index (χ1) is 15.8. The van der Waals surface area contributed by atoms with Crippen LogP contribution in [0.1, 0.15) is 43.9 Å². The maximum absolute atomic E-state index is 14.1. The lowest BCUT2D eigenvalue weighted by molar-refractivity contribution is -0.0815. The number of amides is 1. The molecule has 33 heavy (non-hydrogen) atoms. The van der Waals surface area contributed by atoms with Crippen molar-refractivity contribution in [2.45, 2.75) is 44.4 Å². The van der Waals surface area contributed by atoms with Gasteiger partial charge in [0.2, 0.25) is 0 Å². The van der Waals surface area contributed by atoms with E-state index in [1.807, 2.05) is 49.4 Å². The molecule has 0 aliphatic carbocycles. The molecule has 1 fully saturated rings. The maximum atomic E-state index is 14.1. The van der Waals surface area contributed by atoms with Crippen LogP contribution in [0.25, 0.3) is 11.1 Å². The molecule has 0 aromatic heterocycles. The van der Waals surface area contributed by atoms with E-state index < -0.39 is 29.4 Å². The number of rotatable bonds is 6. The van der Waals surface area contributed by atoms with Gasteiger partial charge in [0.05, 0.1) is 12.1 Å². The number of benzene rings is 3. The lowest BCUT2D eigenvalue weighted by Crippen LogP contribution is -2.49. The van der Waals surface area contributed by atoms with Crippen LogP contribution in [0.2, 0.25) is 0 Å². The van der Waals surface area contributed by atoms with Crippen molar-refractivity contribution in [2.75, 3.05) is 6.54 Å². The molecule has 1 aliphatic rings. The minimum atomic E-state index is -0.868. The number of nitrogens with zero attached hydrogens (tertiary/aromatic N) is 1. The Morgan fingerprint density at radius 3 is 2.33 bits per heavy atom. The summed E-state index contributed by atoms with van der Waals surface area (Å²) in [6.45, 7) is 4.08. The fourth-order valence-corrected chi connectivity index (χ4v) is 4.55. The van der Waals surface area contributed by atoms with Crippen molar-refractivity contribution in [3.8, 4) is 11.1 Å². The Morgan fingerprint density at radius 2 is 1.73 bits per heavy atom. The molecule has 0 saturated carbocycles. The third-order valence-electron chi connectivity index (χ3n) is 6.30. The maximum Gasteiger partial charge on any atom is 0.411 e. The molecule has 4 nitrogen and oxygen atoms in total. The van der Waals surface area contributed by atoms with E-state index in [0.29, 0.717) is 30.5 Å². The van der Waals surface area contributed by atoms with Gasteiger partial charge < -0.3 is 14.7 Å². The van der Waals surface area contributed by atoms with Gasteiger partial charge in [-0.05, 0) is 42.7 Å². The van der Waals surface area contributed by atoms with Crippen LogP contribution >= 0.6 is 0 Å². The van der Waals surface area contributed by atoms with Crippen LogP contribution in [0.5, 0.6) is 0 Å². The molecule has 172 valence electrons. The number of aliphatic hydroxyl groups is 1. The van der Waals surface area contributed by atoms with Crippen LogP contribution in [0.15, 0.2) is 72.8 Å². The number of carbonyl (C=O) groups excluding carboxylic acids is 1. The molecule has 1 unspecified atom stereocenters. The van der Waals surface area contributed by atoms with Crippen molar-refractivity contribution in [2.24, 2.45) is 0 Å².